The summed E-state index contributed by atoms with van der Waals surface area (Å²) in [5.74, 6) is -4.22. The smallest absolute Gasteiger partial charge is 0.217 e. The molecule has 6 heterocycles. The number of amides is 5. The third-order valence-electron chi connectivity index (χ3n) is 16.2. The fraction of sp³-hybridized carbons (Fsp3) is 0.904. The van der Waals surface area contributed by atoms with Gasteiger partial charge >= 0.3 is 0 Å². The number of aliphatic hydroxyl groups is 19. The summed E-state index contributed by atoms with van der Waals surface area (Å²) in [4.78, 5) is 62.4. The average molecular weight is 1360 g/mol. The van der Waals surface area contributed by atoms with Crippen LogP contribution < -0.4 is 26.6 Å². The second-order valence-corrected chi connectivity index (χ2v) is 23.0. The van der Waals surface area contributed by atoms with Crippen molar-refractivity contribution in [3.63, 3.8) is 0 Å². The van der Waals surface area contributed by atoms with Gasteiger partial charge in [0.1, 0.15) is 165 Å². The van der Waals surface area contributed by atoms with Crippen LogP contribution in [0, 0.1) is 0 Å². The van der Waals surface area contributed by atoms with E-state index in [9.17, 15) is 121 Å². The maximum Gasteiger partial charge on any atom is 0.217 e. The largest absolute Gasteiger partial charge is 0.394 e. The lowest BCUT2D eigenvalue weighted by molar-refractivity contribution is -0.385. The zero-order chi connectivity index (χ0) is 69.2. The van der Waals surface area contributed by atoms with Gasteiger partial charge in [0, 0.05) is 34.6 Å². The van der Waals surface area contributed by atoms with E-state index in [1.807, 2.05) is 0 Å². The molecule has 6 aliphatic heterocycles. The number of rotatable bonds is 28. The molecule has 0 aliphatic carbocycles. The molecule has 0 unspecified atom stereocenters. The second kappa shape index (κ2) is 35.1. The first-order chi connectivity index (χ1) is 43.9. The molecule has 6 rings (SSSR count). The van der Waals surface area contributed by atoms with Gasteiger partial charge in [0.2, 0.25) is 29.5 Å². The number of ether oxygens (including phenoxy) is 12. The van der Waals surface area contributed by atoms with Crippen LogP contribution in [-0.2, 0) is 80.8 Å². The van der Waals surface area contributed by atoms with Gasteiger partial charge in [0.15, 0.2) is 37.7 Å². The molecule has 6 saturated heterocycles. The Labute approximate surface area is 528 Å². The summed E-state index contributed by atoms with van der Waals surface area (Å²) in [7, 11) is 0. The van der Waals surface area contributed by atoms with Crippen LogP contribution in [0.3, 0.4) is 0 Å². The van der Waals surface area contributed by atoms with E-state index >= 15 is 0 Å². The Bertz CT molecular complexity index is 2380. The molecule has 538 valence electrons. The van der Waals surface area contributed by atoms with E-state index in [4.69, 9.17) is 56.8 Å². The lowest BCUT2D eigenvalue weighted by atomic mass is 9.93. The van der Waals surface area contributed by atoms with Crippen molar-refractivity contribution >= 4 is 29.5 Å². The molecule has 6 fully saturated rings. The van der Waals surface area contributed by atoms with Crippen molar-refractivity contribution in [3.8, 4) is 0 Å². The zero-order valence-corrected chi connectivity index (χ0v) is 50.7. The van der Waals surface area contributed by atoms with Crippen LogP contribution in [0.5, 0.6) is 0 Å². The van der Waals surface area contributed by atoms with Gasteiger partial charge in [-0.05, 0) is 0 Å². The molecular formula is C52H89N5O36. The summed E-state index contributed by atoms with van der Waals surface area (Å²) in [5, 5.41) is 220. The minimum absolute atomic E-state index is 0.782. The highest BCUT2D eigenvalue weighted by Gasteiger charge is 2.59. The zero-order valence-electron chi connectivity index (χ0n) is 50.7. The maximum atomic E-state index is 13.0. The van der Waals surface area contributed by atoms with Crippen molar-refractivity contribution in [2.75, 3.05) is 52.9 Å². The number of aliphatic hydroxyl groups excluding tert-OH is 19. The van der Waals surface area contributed by atoms with Gasteiger partial charge in [-0.3, -0.25) is 24.0 Å². The van der Waals surface area contributed by atoms with E-state index in [1.54, 1.807) is 0 Å². The van der Waals surface area contributed by atoms with Crippen molar-refractivity contribution in [2.24, 2.45) is 0 Å². The van der Waals surface area contributed by atoms with Gasteiger partial charge in [-0.25, -0.2) is 0 Å². The van der Waals surface area contributed by atoms with Crippen molar-refractivity contribution in [2.45, 2.75) is 243 Å². The number of hydrogen-bond acceptors (Lipinski definition) is 36. The molecular weight excluding hydrogens is 1270 g/mol. The van der Waals surface area contributed by atoms with Crippen LogP contribution in [-0.4, -0.2) is 388 Å². The monoisotopic (exact) mass is 1360 g/mol. The van der Waals surface area contributed by atoms with Crippen LogP contribution in [0.1, 0.15) is 34.6 Å². The molecule has 0 spiro atoms. The molecule has 5 amide bonds. The van der Waals surface area contributed by atoms with Crippen LogP contribution in [0.15, 0.2) is 0 Å². The fourth-order valence-corrected chi connectivity index (χ4v) is 11.5. The molecule has 41 heteroatoms. The summed E-state index contributed by atoms with van der Waals surface area (Å²) >= 11 is 0. The molecule has 0 aromatic rings. The molecule has 41 nitrogen and oxygen atoms in total. The molecule has 24 N–H and O–H groups in total. The van der Waals surface area contributed by atoms with Crippen molar-refractivity contribution in [1.82, 2.24) is 26.6 Å². The number of carbonyl (C=O) groups excluding carboxylic acids is 5. The van der Waals surface area contributed by atoms with Crippen molar-refractivity contribution < 1.29 is 178 Å². The number of nitrogens with one attached hydrogen (secondary N) is 5. The summed E-state index contributed by atoms with van der Waals surface area (Å²) < 4.78 is 70.9. The Balaban J connectivity index is 1.34. The normalized spacial score (nSPS) is 42.8. The average Bonchev–Trinajstić information content (AvgIpc) is 0.779. The third-order valence-corrected chi connectivity index (χ3v) is 16.2. The van der Waals surface area contributed by atoms with Gasteiger partial charge in [-0.1, -0.05) is 0 Å². The Kier molecular flexibility index (Phi) is 29.4. The van der Waals surface area contributed by atoms with Crippen molar-refractivity contribution in [1.29, 1.82) is 0 Å². The van der Waals surface area contributed by atoms with Gasteiger partial charge in [-0.15, -0.1) is 0 Å². The van der Waals surface area contributed by atoms with E-state index in [0.29, 0.717) is 0 Å². The fourth-order valence-electron chi connectivity index (χ4n) is 11.5. The van der Waals surface area contributed by atoms with E-state index in [1.165, 1.54) is 0 Å². The Hall–Kier alpha value is -3.89. The van der Waals surface area contributed by atoms with Crippen LogP contribution >= 0.6 is 0 Å². The second-order valence-electron chi connectivity index (χ2n) is 23.0. The topological polar surface area (TPSA) is 641 Å². The molecule has 0 aromatic carbocycles. The molecule has 93 heavy (non-hydrogen) atoms. The maximum absolute atomic E-state index is 13.0. The lowest BCUT2D eigenvalue weighted by Crippen LogP contribution is -2.71. The van der Waals surface area contributed by atoms with Gasteiger partial charge < -0.3 is 180 Å². The Morgan fingerprint density at radius 3 is 1.10 bits per heavy atom. The standard InChI is InChI=1S/C52H89N5O36/c1-14(65)53-19(6-58)42(31(71)20(70)7-59)89-49-29(56-17(4)68)38(78)44(24(11-63)86-49)91-52-41(81)46(35(75)26(88-52)13-82-47-27(54-15(2)66)36(76)32(72)21(8-60)83-47)93-50-30(57-18(5)69)39(79)43(25(12-64)87-50)90-51-40(80)45(34(74)23(10-62)85-51)92-48-28(55-16(3)67)37(77)33(73)22(9-61)84-48/h19-52,58-64,70-81H,6-13H2,1-5H3,(H,53,65)(H,54,66)(H,55,67)(H,56,68)(H,57,69)/t19-,20+,21+,22+,23+,24+,25+,26+,27+,28+,29+,30+,31-,32+,33-,34-,35-,36+,37+,38+,39+,40+,41+,42+,43+,44+,45-,46-,47+,48+,49-,50-,51-,52-/m0/s1. The highest BCUT2D eigenvalue weighted by molar-refractivity contribution is 5.75. The summed E-state index contributed by atoms with van der Waals surface area (Å²) in [6.07, 6.45) is -57.8. The highest BCUT2D eigenvalue weighted by atomic mass is 16.8. The highest BCUT2D eigenvalue weighted by Crippen LogP contribution is 2.37. The first kappa shape index (κ1) is 78.1. The quantitative estimate of drug-likeness (QED) is 0.0346. The van der Waals surface area contributed by atoms with Gasteiger partial charge in [-0.2, -0.15) is 0 Å². The van der Waals surface area contributed by atoms with Crippen LogP contribution in [0.25, 0.3) is 0 Å². The SMILES string of the molecule is CC(=O)N[C@H]1[C@H](O[C@H]2[C@@H](O)[C@@H](CO[C@@H]3O[C@H](CO)[C@@H](O)[C@H](O)[C@H]3NC(C)=O)O[C@@H](O[C@H]3[C@H](O)[C@@H](NC(C)=O)[C@H](O[C@@H]([C@@H](O)[C@H](O)CO)[C@H](CO)NC(C)=O)O[C@@H]3CO)[C@@H]2O)O[C@H](CO)[C@@H](O[C@@H]2O[C@H](CO)[C@H](O)[C@H](O[C@H]3O[C@H](CO)[C@H](O)[C@H](O)[C@H]3NC(C)=O)[C@H]2O)[C@@H]1O. The summed E-state index contributed by atoms with van der Waals surface area (Å²) in [5.41, 5.74) is 0. The van der Waals surface area contributed by atoms with Crippen LogP contribution in [0.4, 0.5) is 0 Å². The van der Waals surface area contributed by atoms with E-state index in [-0.39, 0.29) is 0 Å². The minimum Gasteiger partial charge on any atom is -0.394 e. The third kappa shape index (κ3) is 18.7. The first-order valence-electron chi connectivity index (χ1n) is 29.5. The Morgan fingerprint density at radius 2 is 0.699 bits per heavy atom. The molecule has 0 aromatic heterocycles. The van der Waals surface area contributed by atoms with Gasteiger partial charge in [0.05, 0.1) is 58.9 Å². The molecule has 34 atom stereocenters. The predicted molar refractivity (Wildman–Crippen MR) is 292 cm³/mol. The molecule has 0 saturated carbocycles. The minimum atomic E-state index is -2.41. The number of carbonyl (C=O) groups is 5. The molecule has 0 bridgehead atoms. The lowest BCUT2D eigenvalue weighted by Gasteiger charge is -2.51. The number of hydrogen-bond donors (Lipinski definition) is 24. The first-order valence-corrected chi connectivity index (χ1v) is 29.5. The molecule has 6 aliphatic rings. The summed E-state index contributed by atoms with van der Waals surface area (Å²) in [6.45, 7) is -3.26. The van der Waals surface area contributed by atoms with Gasteiger partial charge in [0.25, 0.3) is 0 Å². The molecule has 0 radical (unpaired) electrons. The Morgan fingerprint density at radius 1 is 0.366 bits per heavy atom. The van der Waals surface area contributed by atoms with E-state index in [0.717, 1.165) is 34.6 Å². The summed E-state index contributed by atoms with van der Waals surface area (Å²) in [6, 6.07) is -8.67. The van der Waals surface area contributed by atoms with Crippen molar-refractivity contribution in [3.05, 3.63) is 0 Å². The van der Waals surface area contributed by atoms with Crippen LogP contribution in [0.2, 0.25) is 0 Å². The van der Waals surface area contributed by atoms with E-state index in [2.05, 4.69) is 26.6 Å². The predicted octanol–water partition coefficient (Wildman–Crippen LogP) is -15.9. The van der Waals surface area contributed by atoms with E-state index < -0.39 is 291 Å².